The van der Waals surface area contributed by atoms with Crippen LogP contribution >= 0.6 is 11.3 Å². The summed E-state index contributed by atoms with van der Waals surface area (Å²) in [5.74, 6) is 0.502. The first-order chi connectivity index (χ1) is 14.7. The third-order valence-corrected chi connectivity index (χ3v) is 5.87. The molecule has 0 aliphatic carbocycles. The summed E-state index contributed by atoms with van der Waals surface area (Å²) in [4.78, 5) is 14.3. The molecule has 6 heteroatoms. The minimum absolute atomic E-state index is 0.243. The highest BCUT2D eigenvalue weighted by molar-refractivity contribution is 7.12. The molecule has 2 heterocycles. The lowest BCUT2D eigenvalue weighted by Crippen LogP contribution is -2.37. The number of hydrogen-bond acceptors (Lipinski definition) is 4. The predicted octanol–water partition coefficient (Wildman–Crippen LogP) is 5.01. The Labute approximate surface area is 179 Å². The number of benzene rings is 2. The second-order valence-electron chi connectivity index (χ2n) is 6.80. The molecule has 2 amide bonds. The molecule has 4 aromatic rings. The van der Waals surface area contributed by atoms with Gasteiger partial charge in [-0.1, -0.05) is 60.7 Å². The number of rotatable bonds is 7. The largest absolute Gasteiger partial charge is 0.466 e. The molecule has 1 unspecified atom stereocenters. The molecule has 3 N–H and O–H groups in total. The summed E-state index contributed by atoms with van der Waals surface area (Å²) in [6.45, 7) is 0.373. The molecule has 0 saturated heterocycles. The standard InChI is InChI=1S/C24H22N2O3S/c27-23(20-12-7-15-29-20)21-14-13-19(30-21)16-25-24(28)26-22(17-8-3-1-4-9-17)18-10-5-2-6-11-18/h1-15,22-23,27H,16H2,(H2,25,26,28). The number of urea groups is 1. The van der Waals surface area contributed by atoms with Gasteiger partial charge in [0.1, 0.15) is 11.9 Å². The van der Waals surface area contributed by atoms with Gasteiger partial charge >= 0.3 is 6.03 Å². The van der Waals surface area contributed by atoms with E-state index in [9.17, 15) is 9.90 Å². The van der Waals surface area contributed by atoms with E-state index >= 15 is 0 Å². The molecule has 30 heavy (non-hydrogen) atoms. The lowest BCUT2D eigenvalue weighted by molar-refractivity contribution is 0.193. The first-order valence-electron chi connectivity index (χ1n) is 9.65. The van der Waals surface area contributed by atoms with Crippen molar-refractivity contribution in [1.82, 2.24) is 10.6 Å². The van der Waals surface area contributed by atoms with Crippen molar-refractivity contribution in [3.05, 3.63) is 118 Å². The molecule has 0 aliphatic heterocycles. The van der Waals surface area contributed by atoms with E-state index in [1.165, 1.54) is 17.6 Å². The van der Waals surface area contributed by atoms with Gasteiger partial charge in [0.25, 0.3) is 0 Å². The molecule has 0 bridgehead atoms. The van der Waals surface area contributed by atoms with Crippen molar-refractivity contribution in [3.63, 3.8) is 0 Å². The van der Waals surface area contributed by atoms with Gasteiger partial charge in [-0.3, -0.25) is 0 Å². The summed E-state index contributed by atoms with van der Waals surface area (Å²) in [6, 6.07) is 26.5. The van der Waals surface area contributed by atoms with Crippen LogP contribution in [0.4, 0.5) is 4.79 Å². The molecule has 2 aromatic carbocycles. The topological polar surface area (TPSA) is 74.5 Å². The maximum absolute atomic E-state index is 12.6. The Morgan fingerprint density at radius 1 is 0.900 bits per heavy atom. The number of carbonyl (C=O) groups is 1. The van der Waals surface area contributed by atoms with Gasteiger partial charge < -0.3 is 20.2 Å². The van der Waals surface area contributed by atoms with Gasteiger partial charge in [-0.05, 0) is 35.4 Å². The van der Waals surface area contributed by atoms with Crippen LogP contribution < -0.4 is 10.6 Å². The molecule has 0 radical (unpaired) electrons. The molecular weight excluding hydrogens is 396 g/mol. The number of amides is 2. The van der Waals surface area contributed by atoms with E-state index in [4.69, 9.17) is 4.42 Å². The van der Waals surface area contributed by atoms with Crippen LogP contribution in [0.15, 0.2) is 95.6 Å². The minimum Gasteiger partial charge on any atom is -0.466 e. The molecule has 5 nitrogen and oxygen atoms in total. The lowest BCUT2D eigenvalue weighted by Gasteiger charge is -2.20. The number of thiophene rings is 1. The molecule has 2 aromatic heterocycles. The molecule has 0 aliphatic rings. The first-order valence-corrected chi connectivity index (χ1v) is 10.5. The molecule has 0 fully saturated rings. The van der Waals surface area contributed by atoms with E-state index in [1.54, 1.807) is 12.1 Å². The van der Waals surface area contributed by atoms with Crippen molar-refractivity contribution in [3.8, 4) is 0 Å². The second kappa shape index (κ2) is 9.43. The Morgan fingerprint density at radius 2 is 1.57 bits per heavy atom. The summed E-state index contributed by atoms with van der Waals surface area (Å²) in [6.07, 6.45) is 0.739. The zero-order valence-electron chi connectivity index (χ0n) is 16.2. The highest BCUT2D eigenvalue weighted by Gasteiger charge is 2.18. The van der Waals surface area contributed by atoms with Gasteiger partial charge in [-0.25, -0.2) is 4.79 Å². The average Bonchev–Trinajstić information content (AvgIpc) is 3.49. The highest BCUT2D eigenvalue weighted by atomic mass is 32.1. The number of nitrogens with one attached hydrogen (secondary N) is 2. The van der Waals surface area contributed by atoms with Crippen molar-refractivity contribution < 1.29 is 14.3 Å². The highest BCUT2D eigenvalue weighted by Crippen LogP contribution is 2.28. The quantitative estimate of drug-likeness (QED) is 0.395. The maximum atomic E-state index is 12.6. The first kappa shape index (κ1) is 19.9. The normalized spacial score (nSPS) is 11.9. The van der Waals surface area contributed by atoms with Crippen LogP contribution in [0.5, 0.6) is 0 Å². The molecule has 4 rings (SSSR count). The SMILES string of the molecule is O=C(NCc1ccc(C(O)c2ccco2)s1)NC(c1ccccc1)c1ccccc1. The van der Waals surface area contributed by atoms with Gasteiger partial charge in [0.2, 0.25) is 0 Å². The zero-order chi connectivity index (χ0) is 20.8. The fraction of sp³-hybridized carbons (Fsp3) is 0.125. The van der Waals surface area contributed by atoms with Crippen LogP contribution in [-0.2, 0) is 6.54 Å². The van der Waals surface area contributed by atoms with Gasteiger partial charge in [-0.15, -0.1) is 11.3 Å². The van der Waals surface area contributed by atoms with Crippen LogP contribution in [0.3, 0.4) is 0 Å². The van der Waals surface area contributed by atoms with Crippen LogP contribution in [0.1, 0.15) is 38.8 Å². The van der Waals surface area contributed by atoms with Crippen molar-refractivity contribution in [2.24, 2.45) is 0 Å². The third-order valence-electron chi connectivity index (χ3n) is 4.73. The van der Waals surface area contributed by atoms with E-state index in [2.05, 4.69) is 10.6 Å². The number of carbonyl (C=O) groups excluding carboxylic acids is 1. The van der Waals surface area contributed by atoms with Crippen LogP contribution in [0, 0.1) is 0 Å². The van der Waals surface area contributed by atoms with E-state index in [1.807, 2.05) is 72.8 Å². The molecule has 1 atom stereocenters. The Bertz CT molecular complexity index is 1020. The van der Waals surface area contributed by atoms with E-state index < -0.39 is 6.10 Å². The monoisotopic (exact) mass is 418 g/mol. The van der Waals surface area contributed by atoms with Crippen LogP contribution in [-0.4, -0.2) is 11.1 Å². The minimum atomic E-state index is -0.798. The fourth-order valence-corrected chi connectivity index (χ4v) is 4.17. The summed E-state index contributed by atoms with van der Waals surface area (Å²) < 4.78 is 5.26. The molecule has 0 spiro atoms. The van der Waals surface area contributed by atoms with Gasteiger partial charge in [0.05, 0.1) is 18.8 Å². The number of furan rings is 1. The van der Waals surface area contributed by atoms with Crippen LogP contribution in [0.2, 0.25) is 0 Å². The van der Waals surface area contributed by atoms with E-state index in [0.717, 1.165) is 20.9 Å². The average molecular weight is 419 g/mol. The van der Waals surface area contributed by atoms with Gasteiger partial charge in [-0.2, -0.15) is 0 Å². The van der Waals surface area contributed by atoms with Crippen LogP contribution in [0.25, 0.3) is 0 Å². The Hall–Kier alpha value is -3.35. The summed E-state index contributed by atoms with van der Waals surface area (Å²) in [5, 5.41) is 16.3. The second-order valence-corrected chi connectivity index (χ2v) is 8.00. The zero-order valence-corrected chi connectivity index (χ0v) is 17.0. The molecular formula is C24H22N2O3S. The lowest BCUT2D eigenvalue weighted by atomic mass is 9.99. The summed E-state index contributed by atoms with van der Waals surface area (Å²) in [5.41, 5.74) is 2.03. The smallest absolute Gasteiger partial charge is 0.315 e. The van der Waals surface area contributed by atoms with Crippen molar-refractivity contribution in [2.45, 2.75) is 18.7 Å². The Kier molecular flexibility index (Phi) is 6.27. The van der Waals surface area contributed by atoms with Gasteiger partial charge in [0.15, 0.2) is 0 Å². The summed E-state index contributed by atoms with van der Waals surface area (Å²) >= 11 is 1.44. The molecule has 0 saturated carbocycles. The van der Waals surface area contributed by atoms with Crippen molar-refractivity contribution in [1.29, 1.82) is 0 Å². The third kappa shape index (κ3) is 4.79. The number of aliphatic hydroxyl groups is 1. The number of hydrogen-bond donors (Lipinski definition) is 3. The predicted molar refractivity (Wildman–Crippen MR) is 117 cm³/mol. The van der Waals surface area contributed by atoms with Gasteiger partial charge in [0, 0.05) is 9.75 Å². The summed E-state index contributed by atoms with van der Waals surface area (Å²) in [7, 11) is 0. The number of aliphatic hydroxyl groups excluding tert-OH is 1. The fourth-order valence-electron chi connectivity index (χ4n) is 3.22. The Balaban J connectivity index is 1.40. The maximum Gasteiger partial charge on any atom is 0.315 e. The van der Waals surface area contributed by atoms with E-state index in [-0.39, 0.29) is 12.1 Å². The van der Waals surface area contributed by atoms with Crippen molar-refractivity contribution in [2.75, 3.05) is 0 Å². The Morgan fingerprint density at radius 3 is 2.17 bits per heavy atom. The van der Waals surface area contributed by atoms with Crippen molar-refractivity contribution >= 4 is 17.4 Å². The van der Waals surface area contributed by atoms with E-state index in [0.29, 0.717) is 12.3 Å². The molecule has 152 valence electrons.